The van der Waals surface area contributed by atoms with Crippen LogP contribution in [0.25, 0.3) is 11.1 Å². The van der Waals surface area contributed by atoms with Gasteiger partial charge in [0.05, 0.1) is 25.4 Å². The van der Waals surface area contributed by atoms with Crippen LogP contribution in [0.3, 0.4) is 0 Å². The van der Waals surface area contributed by atoms with Crippen LogP contribution in [-0.4, -0.2) is 76.1 Å². The molecular weight excluding hydrogens is 879 g/mol. The van der Waals surface area contributed by atoms with Gasteiger partial charge in [-0.25, -0.2) is 0 Å². The molecule has 1 spiro atoms. The fourth-order valence-corrected chi connectivity index (χ4v) is 14.3. The number of rotatable bonds is 8. The largest absolute Gasteiger partial charge is 0.508 e. The van der Waals surface area contributed by atoms with Crippen LogP contribution in [-0.2, 0) is 19.3 Å². The predicted molar refractivity (Wildman–Crippen MR) is 277 cm³/mol. The maximum atomic E-state index is 12.4. The van der Waals surface area contributed by atoms with Gasteiger partial charge in [-0.3, -0.25) is 4.99 Å². The van der Waals surface area contributed by atoms with Crippen LogP contribution >= 0.6 is 0 Å². The molecule has 0 amide bonds. The number of benzene rings is 3. The van der Waals surface area contributed by atoms with Gasteiger partial charge >= 0.3 is 0 Å². The molecule has 11 nitrogen and oxygen atoms in total. The lowest BCUT2D eigenvalue weighted by molar-refractivity contribution is -0.0218. The van der Waals surface area contributed by atoms with Crippen molar-refractivity contribution in [3.63, 3.8) is 0 Å². The van der Waals surface area contributed by atoms with Gasteiger partial charge in [-0.1, -0.05) is 71.6 Å². The Morgan fingerprint density at radius 2 is 1.70 bits per heavy atom. The molecule has 5 aliphatic heterocycles. The number of phenolic OH excluding ortho intramolecular Hbond substituents is 2. The van der Waals surface area contributed by atoms with Crippen molar-refractivity contribution in [1.29, 1.82) is 0 Å². The Balaban J connectivity index is 1.14. The molecule has 8 N–H and O–H groups in total. The van der Waals surface area contributed by atoms with Crippen LogP contribution in [0, 0.1) is 40.9 Å². The lowest BCUT2D eigenvalue weighted by Crippen LogP contribution is -2.46. The van der Waals surface area contributed by atoms with E-state index >= 15 is 0 Å². The Labute approximate surface area is 417 Å². The van der Waals surface area contributed by atoms with Gasteiger partial charge < -0.3 is 50.8 Å². The number of aliphatic hydroxyl groups is 3. The van der Waals surface area contributed by atoms with E-state index in [1.165, 1.54) is 19.3 Å². The molecule has 12 unspecified atom stereocenters. The van der Waals surface area contributed by atoms with E-state index in [1.807, 2.05) is 24.3 Å². The number of unbranched alkanes of at least 4 members (excludes halogenated alkanes) is 2. The third kappa shape index (κ3) is 10.5. The van der Waals surface area contributed by atoms with Crippen molar-refractivity contribution >= 4 is 5.96 Å². The van der Waals surface area contributed by atoms with Crippen molar-refractivity contribution in [2.24, 2.45) is 51.6 Å². The van der Waals surface area contributed by atoms with E-state index in [0.717, 1.165) is 110 Å². The topological polar surface area (TPSA) is 179 Å². The van der Waals surface area contributed by atoms with Crippen molar-refractivity contribution in [2.75, 3.05) is 20.2 Å². The Morgan fingerprint density at radius 1 is 0.871 bits per heavy atom. The Morgan fingerprint density at radius 3 is 2.47 bits per heavy atom. The number of nitrogens with zero attached hydrogens (tertiary/aromatic N) is 1. The lowest BCUT2D eigenvalue weighted by Gasteiger charge is -2.46. The molecule has 0 saturated heterocycles. The standard InChI is InChI=1S/C59H83N3O8/c1-6-7-8-11-35(4)43-26-37-15-14-36(43)25-41(63)12-10-22-61-58(60)62-23-19-47-51(13-9-20-59(47)21-18-42(64)33-59)69-53-30-38(16-17-48(53)65)57-50(67)31-46-52(70-57)32-54(68-5)56-45-28-40(24-34(2)3)49(66)29-39(45)27-44(37)55(46)56/h14-17,28-30,32,34-37,41-44,47,50-51,57,63-67H,6-13,18-27,31,33H2,1-5H3,(H3,60,61,62). The fraction of sp³-hybridized carbons (Fsp3) is 0.644. The SMILES string of the molecule is CCCCCC(C)C1CC2C=CC1CC(O)CCCN=C(N)NCCC1C(CCCC13CCC(O)C3)Oc1cc(ccc1O)C1Oc3cc(OC)c4c(c3CC1O)C2Cc1cc(O)c(CC(C)C)cc1-4. The molecule has 8 bridgehead atoms. The number of fused-ring (bicyclic) bond motifs is 2. The van der Waals surface area contributed by atoms with Gasteiger partial charge in [0.1, 0.15) is 29.5 Å². The monoisotopic (exact) mass is 962 g/mol. The highest BCUT2D eigenvalue weighted by atomic mass is 16.5. The summed E-state index contributed by atoms with van der Waals surface area (Å²) in [7, 11) is 1.72. The molecule has 4 aliphatic carbocycles. The minimum absolute atomic E-state index is 0.0124. The summed E-state index contributed by atoms with van der Waals surface area (Å²) in [4.78, 5) is 4.69. The molecular formula is C59H83N3O8. The normalized spacial score (nSPS) is 31.5. The van der Waals surface area contributed by atoms with E-state index in [0.29, 0.717) is 84.6 Å². The van der Waals surface area contributed by atoms with Crippen LogP contribution in [0.15, 0.2) is 53.5 Å². The molecule has 0 radical (unpaired) electrons. The first-order valence-electron chi connectivity index (χ1n) is 27.3. The number of nitrogens with one attached hydrogen (secondary N) is 1. The summed E-state index contributed by atoms with van der Waals surface area (Å²) in [6.07, 6.45) is 17.7. The molecule has 9 aliphatic rings. The summed E-state index contributed by atoms with van der Waals surface area (Å²) in [5.41, 5.74) is 13.4. The Bertz CT molecular complexity index is 2360. The highest BCUT2D eigenvalue weighted by Crippen LogP contribution is 2.58. The second-order valence-electron chi connectivity index (χ2n) is 22.9. The van der Waals surface area contributed by atoms with Crippen molar-refractivity contribution in [3.05, 3.63) is 76.4 Å². The molecule has 12 rings (SSSR count). The summed E-state index contributed by atoms with van der Waals surface area (Å²) >= 11 is 0. The smallest absolute Gasteiger partial charge is 0.188 e. The average molecular weight is 962 g/mol. The number of allylic oxidation sites excluding steroid dienone is 2. The number of aliphatic imine (C=N–C) groups is 1. The molecule has 11 heteroatoms. The molecule has 2 fully saturated rings. The minimum Gasteiger partial charge on any atom is -0.508 e. The molecule has 5 heterocycles. The highest BCUT2D eigenvalue weighted by Gasteiger charge is 2.50. The number of aromatic hydroxyl groups is 2. The van der Waals surface area contributed by atoms with E-state index in [-0.39, 0.29) is 47.0 Å². The average Bonchev–Trinajstić information content (AvgIpc) is 3.70. The molecule has 3 aromatic rings. The van der Waals surface area contributed by atoms with E-state index in [4.69, 9.17) is 19.9 Å². The van der Waals surface area contributed by atoms with Gasteiger partial charge in [0.25, 0.3) is 0 Å². The number of hydrogen-bond donors (Lipinski definition) is 7. The summed E-state index contributed by atoms with van der Waals surface area (Å²) in [6.45, 7) is 10.1. The van der Waals surface area contributed by atoms with Gasteiger partial charge in [0, 0.05) is 42.6 Å². The van der Waals surface area contributed by atoms with Crippen molar-refractivity contribution in [1.82, 2.24) is 5.32 Å². The molecule has 2 saturated carbocycles. The lowest BCUT2D eigenvalue weighted by atomic mass is 9.62. The zero-order chi connectivity index (χ0) is 49.3. The van der Waals surface area contributed by atoms with Crippen LogP contribution in [0.4, 0.5) is 0 Å². The van der Waals surface area contributed by atoms with Crippen molar-refractivity contribution in [2.45, 2.75) is 180 Å². The van der Waals surface area contributed by atoms with Crippen LogP contribution in [0.1, 0.15) is 164 Å². The zero-order valence-corrected chi connectivity index (χ0v) is 42.7. The van der Waals surface area contributed by atoms with Gasteiger partial charge in [0.15, 0.2) is 17.5 Å². The second-order valence-corrected chi connectivity index (χ2v) is 22.9. The molecule has 3 aromatic carbocycles. The van der Waals surface area contributed by atoms with Crippen LogP contribution in [0.5, 0.6) is 28.7 Å². The van der Waals surface area contributed by atoms with Gasteiger partial charge in [-0.15, -0.1) is 0 Å². The Hall–Kier alpha value is -4.45. The predicted octanol–water partition coefficient (Wildman–Crippen LogP) is 10.6. The summed E-state index contributed by atoms with van der Waals surface area (Å²) in [6, 6.07) is 11.5. The third-order valence-corrected chi connectivity index (χ3v) is 17.8. The van der Waals surface area contributed by atoms with Gasteiger partial charge in [-0.2, -0.15) is 0 Å². The van der Waals surface area contributed by atoms with Gasteiger partial charge in [0.2, 0.25) is 0 Å². The highest BCUT2D eigenvalue weighted by molar-refractivity contribution is 5.84. The Kier molecular flexibility index (Phi) is 15.7. The number of ether oxygens (including phenoxy) is 3. The first-order chi connectivity index (χ1) is 33.7. The van der Waals surface area contributed by atoms with Crippen LogP contribution < -0.4 is 25.3 Å². The maximum Gasteiger partial charge on any atom is 0.188 e. The number of guanidine groups is 1. The molecule has 0 aromatic heterocycles. The van der Waals surface area contributed by atoms with E-state index < -0.39 is 18.3 Å². The van der Waals surface area contributed by atoms with Crippen LogP contribution in [0.2, 0.25) is 0 Å². The number of hydrogen-bond acceptors (Lipinski definition) is 11. The molecule has 12 atom stereocenters. The van der Waals surface area contributed by atoms with E-state index in [2.05, 4.69) is 56.2 Å². The van der Waals surface area contributed by atoms with Crippen molar-refractivity contribution in [3.8, 4) is 39.9 Å². The fourth-order valence-electron chi connectivity index (χ4n) is 14.3. The summed E-state index contributed by atoms with van der Waals surface area (Å²) in [5, 5.41) is 61.3. The maximum absolute atomic E-state index is 12.4. The third-order valence-electron chi connectivity index (χ3n) is 17.8. The second kappa shape index (κ2) is 21.7. The van der Waals surface area contributed by atoms with Gasteiger partial charge in [-0.05, 0) is 176 Å². The van der Waals surface area contributed by atoms with Crippen molar-refractivity contribution < 1.29 is 39.7 Å². The summed E-state index contributed by atoms with van der Waals surface area (Å²) < 4.78 is 20.3. The number of phenols is 2. The van der Waals surface area contributed by atoms with E-state index in [1.54, 1.807) is 13.2 Å². The number of methoxy groups -OCH3 is 1. The number of aliphatic hydroxyl groups excluding tert-OH is 3. The molecule has 70 heavy (non-hydrogen) atoms. The minimum atomic E-state index is -0.901. The molecule has 382 valence electrons. The first-order valence-corrected chi connectivity index (χ1v) is 27.3. The van der Waals surface area contributed by atoms with E-state index in [9.17, 15) is 25.5 Å². The number of nitrogens with two attached hydrogens (primary N) is 1. The quantitative estimate of drug-likeness (QED) is 0.0849. The zero-order valence-electron chi connectivity index (χ0n) is 42.7. The first kappa shape index (κ1) is 50.5. The summed E-state index contributed by atoms with van der Waals surface area (Å²) in [5.74, 6) is 4.18.